The molecule has 4 heteroatoms. The summed E-state index contributed by atoms with van der Waals surface area (Å²) in [6, 6.07) is 4.50. The van der Waals surface area contributed by atoms with Gasteiger partial charge in [-0.3, -0.25) is 5.10 Å². The molecule has 90 valence electrons. The lowest BCUT2D eigenvalue weighted by molar-refractivity contribution is 0.645. The number of hydrogen-bond donors (Lipinski definition) is 2. The summed E-state index contributed by atoms with van der Waals surface area (Å²) in [5.41, 5.74) is 5.13. The minimum atomic E-state index is 0.0665. The molecule has 0 aliphatic rings. The second kappa shape index (κ2) is 4.67. The van der Waals surface area contributed by atoms with Gasteiger partial charge in [0.15, 0.2) is 0 Å². The van der Waals surface area contributed by atoms with Gasteiger partial charge >= 0.3 is 0 Å². The average molecular weight is 230 g/mol. The third-order valence-corrected chi connectivity index (χ3v) is 3.19. The maximum absolute atomic E-state index is 4.23. The third kappa shape index (κ3) is 2.22. The maximum atomic E-state index is 4.23. The Bertz CT molecular complexity index is 502. The van der Waals surface area contributed by atoms with Crippen molar-refractivity contribution in [2.45, 2.75) is 26.8 Å². The molecule has 2 N–H and O–H groups in total. The van der Waals surface area contributed by atoms with Gasteiger partial charge in [0, 0.05) is 0 Å². The molecule has 0 bridgehead atoms. The third-order valence-electron chi connectivity index (χ3n) is 3.19. The van der Waals surface area contributed by atoms with Gasteiger partial charge in [-0.25, -0.2) is 4.98 Å². The number of aromatic amines is 1. The van der Waals surface area contributed by atoms with E-state index in [2.05, 4.69) is 53.4 Å². The summed E-state index contributed by atoms with van der Waals surface area (Å²) in [5.74, 6) is 0.846. The van der Waals surface area contributed by atoms with Gasteiger partial charge in [0.2, 0.25) is 0 Å². The van der Waals surface area contributed by atoms with Gasteiger partial charge in [0.1, 0.15) is 12.2 Å². The molecular weight excluding hydrogens is 212 g/mol. The highest BCUT2D eigenvalue weighted by Gasteiger charge is 2.17. The predicted molar refractivity (Wildman–Crippen MR) is 67.9 cm³/mol. The fourth-order valence-electron chi connectivity index (χ4n) is 2.09. The molecule has 0 radical (unpaired) electrons. The molecule has 0 aliphatic heterocycles. The summed E-state index contributed by atoms with van der Waals surface area (Å²) in [7, 11) is 1.93. The zero-order valence-electron chi connectivity index (χ0n) is 10.7. The number of benzene rings is 1. The molecule has 1 unspecified atom stereocenters. The quantitative estimate of drug-likeness (QED) is 0.848. The second-order valence-electron chi connectivity index (χ2n) is 4.39. The highest BCUT2D eigenvalue weighted by atomic mass is 15.2. The number of hydrogen-bond acceptors (Lipinski definition) is 3. The Hall–Kier alpha value is -1.68. The molecule has 4 nitrogen and oxygen atoms in total. The average Bonchev–Trinajstić information content (AvgIpc) is 2.80. The molecule has 1 aromatic carbocycles. The van der Waals surface area contributed by atoms with Crippen LogP contribution in [0.4, 0.5) is 0 Å². The first-order valence-electron chi connectivity index (χ1n) is 5.73. The second-order valence-corrected chi connectivity index (χ2v) is 4.39. The van der Waals surface area contributed by atoms with Crippen molar-refractivity contribution in [3.05, 3.63) is 46.5 Å². The van der Waals surface area contributed by atoms with Gasteiger partial charge in [-0.05, 0) is 50.1 Å². The molecule has 1 atom stereocenters. The van der Waals surface area contributed by atoms with E-state index in [-0.39, 0.29) is 6.04 Å². The van der Waals surface area contributed by atoms with Gasteiger partial charge in [0.05, 0.1) is 6.04 Å². The fraction of sp³-hybridized carbons (Fsp3) is 0.385. The van der Waals surface area contributed by atoms with Crippen LogP contribution in [0.15, 0.2) is 18.5 Å². The highest BCUT2D eigenvalue weighted by molar-refractivity contribution is 5.40. The van der Waals surface area contributed by atoms with Crippen molar-refractivity contribution >= 4 is 0 Å². The first-order valence-corrected chi connectivity index (χ1v) is 5.73. The van der Waals surface area contributed by atoms with E-state index in [4.69, 9.17) is 0 Å². The number of H-pyrrole nitrogens is 1. The Balaban J connectivity index is 2.48. The lowest BCUT2D eigenvalue weighted by Gasteiger charge is -2.18. The summed E-state index contributed by atoms with van der Waals surface area (Å²) in [5, 5.41) is 10.1. The van der Waals surface area contributed by atoms with Crippen LogP contribution in [0.3, 0.4) is 0 Å². The normalized spacial score (nSPS) is 12.7. The van der Waals surface area contributed by atoms with Crippen molar-refractivity contribution in [3.63, 3.8) is 0 Å². The number of rotatable bonds is 3. The lowest BCUT2D eigenvalue weighted by Crippen LogP contribution is -2.20. The van der Waals surface area contributed by atoms with Gasteiger partial charge in [-0.15, -0.1) is 0 Å². The standard InChI is InChI=1S/C13H18N4/c1-8-5-10(3)11(6-9(8)2)12(14-4)13-15-7-16-17-13/h5-7,12,14H,1-4H3,(H,15,16,17). The summed E-state index contributed by atoms with van der Waals surface area (Å²) in [6.45, 7) is 6.39. The number of aryl methyl sites for hydroxylation is 3. The Morgan fingerprint density at radius 1 is 1.12 bits per heavy atom. The molecule has 17 heavy (non-hydrogen) atoms. The molecular formula is C13H18N4. The fourth-order valence-corrected chi connectivity index (χ4v) is 2.09. The van der Waals surface area contributed by atoms with Crippen LogP contribution in [0, 0.1) is 20.8 Å². The van der Waals surface area contributed by atoms with E-state index >= 15 is 0 Å². The monoisotopic (exact) mass is 230 g/mol. The van der Waals surface area contributed by atoms with Crippen molar-refractivity contribution in [1.29, 1.82) is 0 Å². The van der Waals surface area contributed by atoms with Crippen LogP contribution in [0.25, 0.3) is 0 Å². The first-order chi connectivity index (χ1) is 8.13. The number of aromatic nitrogens is 3. The zero-order valence-corrected chi connectivity index (χ0v) is 10.7. The van der Waals surface area contributed by atoms with Crippen LogP contribution in [-0.4, -0.2) is 22.2 Å². The molecule has 0 saturated carbocycles. The number of nitrogens with one attached hydrogen (secondary N) is 2. The van der Waals surface area contributed by atoms with Crippen molar-refractivity contribution < 1.29 is 0 Å². The predicted octanol–water partition coefficient (Wildman–Crippen LogP) is 2.04. The van der Waals surface area contributed by atoms with E-state index in [1.165, 1.54) is 28.6 Å². The Kier molecular flexibility index (Phi) is 3.24. The van der Waals surface area contributed by atoms with Crippen LogP contribution in [0.2, 0.25) is 0 Å². The molecule has 0 fully saturated rings. The van der Waals surface area contributed by atoms with Crippen LogP contribution >= 0.6 is 0 Å². The SMILES string of the molecule is CNC(c1ncn[nH]1)c1cc(C)c(C)cc1C. The molecule has 0 amide bonds. The van der Waals surface area contributed by atoms with Crippen LogP contribution < -0.4 is 5.32 Å². The molecule has 1 heterocycles. The van der Waals surface area contributed by atoms with Crippen molar-refractivity contribution in [2.75, 3.05) is 7.05 Å². The summed E-state index contributed by atoms with van der Waals surface area (Å²) in [6.07, 6.45) is 1.54. The Labute approximate surface area is 101 Å². The van der Waals surface area contributed by atoms with Gasteiger partial charge < -0.3 is 5.32 Å². The van der Waals surface area contributed by atoms with Crippen molar-refractivity contribution in [2.24, 2.45) is 0 Å². The van der Waals surface area contributed by atoms with Gasteiger partial charge in [0.25, 0.3) is 0 Å². The van der Waals surface area contributed by atoms with Crippen LogP contribution in [0.1, 0.15) is 34.1 Å². The molecule has 2 aromatic rings. The van der Waals surface area contributed by atoms with Gasteiger partial charge in [-0.2, -0.15) is 5.10 Å². The molecule has 1 aromatic heterocycles. The lowest BCUT2D eigenvalue weighted by atomic mass is 9.95. The molecule has 0 aliphatic carbocycles. The van der Waals surface area contributed by atoms with Crippen molar-refractivity contribution in [1.82, 2.24) is 20.5 Å². The molecule has 0 spiro atoms. The zero-order chi connectivity index (χ0) is 12.4. The topological polar surface area (TPSA) is 53.6 Å². The van der Waals surface area contributed by atoms with E-state index in [0.29, 0.717) is 0 Å². The number of nitrogens with zero attached hydrogens (tertiary/aromatic N) is 2. The Morgan fingerprint density at radius 2 is 1.82 bits per heavy atom. The minimum Gasteiger partial charge on any atom is -0.307 e. The summed E-state index contributed by atoms with van der Waals surface area (Å²) >= 11 is 0. The van der Waals surface area contributed by atoms with Crippen LogP contribution in [-0.2, 0) is 0 Å². The van der Waals surface area contributed by atoms with E-state index in [9.17, 15) is 0 Å². The Morgan fingerprint density at radius 3 is 2.41 bits per heavy atom. The van der Waals surface area contributed by atoms with E-state index in [1.54, 1.807) is 0 Å². The smallest absolute Gasteiger partial charge is 0.145 e. The molecule has 0 saturated heterocycles. The molecule has 2 rings (SSSR count). The highest BCUT2D eigenvalue weighted by Crippen LogP contribution is 2.24. The van der Waals surface area contributed by atoms with E-state index < -0.39 is 0 Å². The van der Waals surface area contributed by atoms with Gasteiger partial charge in [-0.1, -0.05) is 12.1 Å². The first kappa shape index (κ1) is 11.8. The van der Waals surface area contributed by atoms with Crippen LogP contribution in [0.5, 0.6) is 0 Å². The maximum Gasteiger partial charge on any atom is 0.145 e. The minimum absolute atomic E-state index is 0.0665. The largest absolute Gasteiger partial charge is 0.307 e. The van der Waals surface area contributed by atoms with E-state index in [1.807, 2.05) is 7.05 Å². The summed E-state index contributed by atoms with van der Waals surface area (Å²) in [4.78, 5) is 4.23. The van der Waals surface area contributed by atoms with E-state index in [0.717, 1.165) is 5.82 Å². The van der Waals surface area contributed by atoms with Crippen molar-refractivity contribution in [3.8, 4) is 0 Å². The summed E-state index contributed by atoms with van der Waals surface area (Å²) < 4.78 is 0.